The smallest absolute Gasteiger partial charge is 0.441 e. The van der Waals surface area contributed by atoms with E-state index in [1.165, 1.54) is 6.42 Å². The van der Waals surface area contributed by atoms with Crippen LogP contribution in [-0.2, 0) is 14.3 Å². The molecular weight excluding hydrogens is 246 g/mol. The van der Waals surface area contributed by atoms with Crippen LogP contribution in [0.5, 0.6) is 0 Å². The first-order chi connectivity index (χ1) is 9.10. The molecule has 0 amide bonds. The van der Waals surface area contributed by atoms with Crippen LogP contribution in [0.15, 0.2) is 12.7 Å². The molecule has 0 radical (unpaired) electrons. The number of ether oxygens (including phenoxy) is 1. The van der Waals surface area contributed by atoms with E-state index in [2.05, 4.69) is 16.3 Å². The number of nitrogens with zero attached hydrogens (tertiary/aromatic N) is 3. The number of rotatable bonds is 6. The van der Waals surface area contributed by atoms with Crippen molar-refractivity contribution in [1.82, 2.24) is 4.90 Å². The van der Waals surface area contributed by atoms with Crippen molar-refractivity contribution in [2.24, 2.45) is 0 Å². The molecule has 1 aliphatic rings. The fourth-order valence-corrected chi connectivity index (χ4v) is 2.14. The van der Waals surface area contributed by atoms with Gasteiger partial charge in [-0.1, -0.05) is 12.5 Å². The Kier molecular flexibility index (Phi) is 6.12. The largest absolute Gasteiger partial charge is 0.455 e. The van der Waals surface area contributed by atoms with Crippen LogP contribution in [0, 0.1) is 0 Å². The standard InChI is InChI=1S/C13H19N3O3/c1-3-11-6-4-5-7-16(11)8-9-19-13(18)12(15-14)10(2)17/h3,11H,1,4-9H2,2H3. The Bertz CT molecular complexity index is 413. The number of piperidine rings is 1. The zero-order valence-electron chi connectivity index (χ0n) is 11.2. The normalized spacial score (nSPS) is 19.3. The molecule has 0 aliphatic carbocycles. The number of carbonyl (C=O) groups is 2. The van der Waals surface area contributed by atoms with Crippen LogP contribution in [-0.4, -0.2) is 52.9 Å². The molecule has 0 aromatic heterocycles. The summed E-state index contributed by atoms with van der Waals surface area (Å²) in [6.07, 6.45) is 5.26. The third-order valence-electron chi connectivity index (χ3n) is 3.17. The molecule has 0 aromatic rings. The first-order valence-electron chi connectivity index (χ1n) is 6.37. The molecule has 6 nitrogen and oxygen atoms in total. The van der Waals surface area contributed by atoms with Crippen molar-refractivity contribution in [3.63, 3.8) is 0 Å². The van der Waals surface area contributed by atoms with Crippen LogP contribution < -0.4 is 0 Å². The Morgan fingerprint density at radius 1 is 1.53 bits per heavy atom. The maximum atomic E-state index is 11.4. The van der Waals surface area contributed by atoms with E-state index in [0.29, 0.717) is 12.6 Å². The lowest BCUT2D eigenvalue weighted by atomic mass is 10.0. The second-order valence-electron chi connectivity index (χ2n) is 4.48. The highest BCUT2D eigenvalue weighted by atomic mass is 16.5. The topological polar surface area (TPSA) is 83.0 Å². The summed E-state index contributed by atoms with van der Waals surface area (Å²) in [4.78, 5) is 27.2. The lowest BCUT2D eigenvalue weighted by Crippen LogP contribution is -2.40. The molecule has 104 valence electrons. The Labute approximate surface area is 112 Å². The van der Waals surface area contributed by atoms with Crippen LogP contribution in [0.1, 0.15) is 26.2 Å². The van der Waals surface area contributed by atoms with Crippen molar-refractivity contribution < 1.29 is 19.1 Å². The van der Waals surface area contributed by atoms with Crippen LogP contribution in [0.4, 0.5) is 0 Å². The number of Topliss-reactive ketones (excluding diaryl/α,β-unsaturated/α-hetero) is 1. The Morgan fingerprint density at radius 2 is 2.26 bits per heavy atom. The second kappa shape index (κ2) is 7.61. The summed E-state index contributed by atoms with van der Waals surface area (Å²) in [5, 5.41) is 0. The van der Waals surface area contributed by atoms with Gasteiger partial charge in [0, 0.05) is 19.5 Å². The molecule has 1 saturated heterocycles. The summed E-state index contributed by atoms with van der Waals surface area (Å²) < 4.78 is 4.93. The summed E-state index contributed by atoms with van der Waals surface area (Å²) in [6.45, 7) is 6.63. The first-order valence-corrected chi connectivity index (χ1v) is 6.37. The molecule has 1 atom stereocenters. The highest BCUT2D eigenvalue weighted by molar-refractivity contribution is 6.61. The highest BCUT2D eigenvalue weighted by Crippen LogP contribution is 2.16. The fraction of sp³-hybridized carbons (Fsp3) is 0.615. The number of hydrogen-bond acceptors (Lipinski definition) is 4. The summed E-state index contributed by atoms with van der Waals surface area (Å²) >= 11 is 0. The van der Waals surface area contributed by atoms with E-state index in [0.717, 1.165) is 26.3 Å². The Balaban J connectivity index is 2.41. The van der Waals surface area contributed by atoms with Crippen molar-refractivity contribution in [2.75, 3.05) is 19.7 Å². The molecule has 1 rings (SSSR count). The van der Waals surface area contributed by atoms with E-state index in [-0.39, 0.29) is 6.61 Å². The molecule has 0 N–H and O–H groups in total. The maximum absolute atomic E-state index is 11.4. The molecule has 0 aromatic carbocycles. The van der Waals surface area contributed by atoms with E-state index >= 15 is 0 Å². The maximum Gasteiger partial charge on any atom is 0.441 e. The van der Waals surface area contributed by atoms with E-state index in [1.807, 2.05) is 6.08 Å². The fourth-order valence-electron chi connectivity index (χ4n) is 2.14. The summed E-state index contributed by atoms with van der Waals surface area (Å²) in [6, 6.07) is 0.311. The molecule has 6 heteroatoms. The van der Waals surface area contributed by atoms with E-state index < -0.39 is 17.5 Å². The van der Waals surface area contributed by atoms with Gasteiger partial charge in [-0.05, 0) is 19.4 Å². The van der Waals surface area contributed by atoms with Crippen LogP contribution >= 0.6 is 0 Å². The van der Waals surface area contributed by atoms with Gasteiger partial charge in [0.15, 0.2) is 0 Å². The quantitative estimate of drug-likeness (QED) is 0.178. The van der Waals surface area contributed by atoms with Gasteiger partial charge in [-0.3, -0.25) is 9.69 Å². The van der Waals surface area contributed by atoms with Gasteiger partial charge in [0.2, 0.25) is 5.78 Å². The Hall–Kier alpha value is -1.78. The van der Waals surface area contributed by atoms with E-state index in [1.54, 1.807) is 0 Å². The van der Waals surface area contributed by atoms with Crippen molar-refractivity contribution >= 4 is 17.5 Å². The zero-order valence-corrected chi connectivity index (χ0v) is 11.2. The molecule has 0 bridgehead atoms. The third kappa shape index (κ3) is 4.43. The summed E-state index contributed by atoms with van der Waals surface area (Å²) in [5.41, 5.74) is 7.97. The SMILES string of the molecule is C=CC1CCCCN1CCOC(=O)C(=[N+]=[N-])C(C)=O. The molecule has 0 spiro atoms. The van der Waals surface area contributed by atoms with Gasteiger partial charge < -0.3 is 10.3 Å². The van der Waals surface area contributed by atoms with Gasteiger partial charge in [0.25, 0.3) is 0 Å². The molecule has 1 aliphatic heterocycles. The number of likely N-dealkylation sites (tertiary alicyclic amines) is 1. The van der Waals surface area contributed by atoms with Gasteiger partial charge in [0.1, 0.15) is 6.61 Å². The van der Waals surface area contributed by atoms with Crippen molar-refractivity contribution in [3.8, 4) is 0 Å². The molecular formula is C13H19N3O3. The van der Waals surface area contributed by atoms with Crippen LogP contribution in [0.3, 0.4) is 0 Å². The summed E-state index contributed by atoms with van der Waals surface area (Å²) in [7, 11) is 0. The Morgan fingerprint density at radius 3 is 2.84 bits per heavy atom. The van der Waals surface area contributed by atoms with Gasteiger partial charge >= 0.3 is 11.7 Å². The minimum Gasteiger partial charge on any atom is -0.455 e. The highest BCUT2D eigenvalue weighted by Gasteiger charge is 2.28. The van der Waals surface area contributed by atoms with Gasteiger partial charge in [0.05, 0.1) is 0 Å². The number of esters is 1. The number of carbonyl (C=O) groups excluding carboxylic acids is 2. The van der Waals surface area contributed by atoms with Crippen LogP contribution in [0.25, 0.3) is 5.53 Å². The molecule has 19 heavy (non-hydrogen) atoms. The molecule has 1 unspecified atom stereocenters. The lowest BCUT2D eigenvalue weighted by molar-refractivity contribution is -0.142. The number of hydrogen-bond donors (Lipinski definition) is 0. The summed E-state index contributed by atoms with van der Waals surface area (Å²) in [5.74, 6) is -1.50. The third-order valence-corrected chi connectivity index (χ3v) is 3.17. The van der Waals surface area contributed by atoms with Gasteiger partial charge in [-0.25, -0.2) is 4.79 Å². The van der Waals surface area contributed by atoms with E-state index in [9.17, 15) is 9.59 Å². The van der Waals surface area contributed by atoms with Crippen molar-refractivity contribution in [3.05, 3.63) is 18.2 Å². The molecule has 0 saturated carbocycles. The zero-order chi connectivity index (χ0) is 14.3. The van der Waals surface area contributed by atoms with E-state index in [4.69, 9.17) is 10.3 Å². The minimum atomic E-state index is -0.887. The molecule has 1 heterocycles. The van der Waals surface area contributed by atoms with Crippen LogP contribution in [0.2, 0.25) is 0 Å². The van der Waals surface area contributed by atoms with Crippen molar-refractivity contribution in [2.45, 2.75) is 32.2 Å². The average Bonchev–Trinajstić information content (AvgIpc) is 2.39. The lowest BCUT2D eigenvalue weighted by Gasteiger charge is -2.33. The van der Waals surface area contributed by atoms with Crippen molar-refractivity contribution in [1.29, 1.82) is 0 Å². The predicted octanol–water partition coefficient (Wildman–Crippen LogP) is 0.830. The van der Waals surface area contributed by atoms with Gasteiger partial charge in [-0.15, -0.1) is 6.58 Å². The number of ketones is 1. The second-order valence-corrected chi connectivity index (χ2v) is 4.48. The average molecular weight is 265 g/mol. The predicted molar refractivity (Wildman–Crippen MR) is 69.7 cm³/mol. The monoisotopic (exact) mass is 265 g/mol. The van der Waals surface area contributed by atoms with Gasteiger partial charge in [-0.2, -0.15) is 4.79 Å². The molecule has 1 fully saturated rings. The first kappa shape index (κ1) is 15.3. The minimum absolute atomic E-state index is 0.162.